The van der Waals surface area contributed by atoms with Crippen molar-refractivity contribution in [3.63, 3.8) is 0 Å². The molecule has 0 bridgehead atoms. The molecule has 0 aliphatic carbocycles. The molecule has 2 aromatic carbocycles. The van der Waals surface area contributed by atoms with Gasteiger partial charge in [-0.2, -0.15) is 0 Å². The number of benzene rings is 2. The summed E-state index contributed by atoms with van der Waals surface area (Å²) in [4.78, 5) is 15.2. The van der Waals surface area contributed by atoms with Gasteiger partial charge in [-0.1, -0.05) is 19.9 Å². The van der Waals surface area contributed by atoms with E-state index in [1.165, 1.54) is 0 Å². The number of ether oxygens (including phenoxy) is 1. The highest BCUT2D eigenvalue weighted by Crippen LogP contribution is 2.39. The van der Waals surface area contributed by atoms with Gasteiger partial charge < -0.3 is 9.64 Å². The number of nitrogens with zero attached hydrogens (tertiary/aromatic N) is 1. The van der Waals surface area contributed by atoms with Crippen LogP contribution in [0.1, 0.15) is 45.2 Å². The molecule has 0 saturated heterocycles. The predicted octanol–water partition coefficient (Wildman–Crippen LogP) is 4.90. The Morgan fingerprint density at radius 3 is 2.45 bits per heavy atom. The maximum absolute atomic E-state index is 13.2. The SMILES string of the molecule is Cc1ccc(S(=O)(=O)Nc2ccc3c(c2)N(CCC(C)C)C(=O)C(C)(C)CO3)cc1C. The van der Waals surface area contributed by atoms with Crippen molar-refractivity contribution in [1.29, 1.82) is 0 Å². The molecule has 7 heteroatoms. The van der Waals surface area contributed by atoms with Crippen molar-refractivity contribution in [2.45, 2.75) is 52.9 Å². The van der Waals surface area contributed by atoms with E-state index in [2.05, 4.69) is 18.6 Å². The smallest absolute Gasteiger partial charge is 0.261 e. The number of aryl methyl sites for hydroxylation is 2. The third kappa shape index (κ3) is 5.03. The largest absolute Gasteiger partial charge is 0.490 e. The van der Waals surface area contributed by atoms with Crippen LogP contribution in [0.5, 0.6) is 5.75 Å². The number of nitrogens with one attached hydrogen (secondary N) is 1. The van der Waals surface area contributed by atoms with Crippen molar-refractivity contribution < 1.29 is 17.9 Å². The number of carbonyl (C=O) groups excluding carboxylic acids is 1. The van der Waals surface area contributed by atoms with Gasteiger partial charge >= 0.3 is 0 Å². The molecule has 0 unspecified atom stereocenters. The quantitative estimate of drug-likeness (QED) is 0.687. The van der Waals surface area contributed by atoms with E-state index in [-0.39, 0.29) is 17.4 Å². The van der Waals surface area contributed by atoms with E-state index in [0.29, 0.717) is 29.6 Å². The molecule has 0 radical (unpaired) electrons. The minimum absolute atomic E-state index is 0.0268. The summed E-state index contributed by atoms with van der Waals surface area (Å²) in [6, 6.07) is 10.1. The molecule has 1 N–H and O–H groups in total. The van der Waals surface area contributed by atoms with Gasteiger partial charge in [0.2, 0.25) is 5.91 Å². The van der Waals surface area contributed by atoms with Gasteiger partial charge in [-0.25, -0.2) is 8.42 Å². The first-order valence-corrected chi connectivity index (χ1v) is 12.1. The Morgan fingerprint density at radius 1 is 1.10 bits per heavy atom. The monoisotopic (exact) mass is 444 g/mol. The molecule has 2 aromatic rings. The summed E-state index contributed by atoms with van der Waals surface area (Å²) in [5.41, 5.74) is 2.25. The molecule has 3 rings (SSSR count). The maximum atomic E-state index is 13.2. The van der Waals surface area contributed by atoms with Crippen molar-refractivity contribution in [2.24, 2.45) is 11.3 Å². The Morgan fingerprint density at radius 2 is 1.81 bits per heavy atom. The Kier molecular flexibility index (Phi) is 6.37. The van der Waals surface area contributed by atoms with E-state index in [1.807, 2.05) is 27.7 Å². The normalized spacial score (nSPS) is 16.0. The van der Waals surface area contributed by atoms with Gasteiger partial charge in [0.1, 0.15) is 12.4 Å². The fraction of sp³-hybridized carbons (Fsp3) is 0.458. The number of anilines is 2. The van der Waals surface area contributed by atoms with Crippen LogP contribution >= 0.6 is 0 Å². The lowest BCUT2D eigenvalue weighted by Gasteiger charge is -2.28. The van der Waals surface area contributed by atoms with Gasteiger partial charge in [0.15, 0.2) is 0 Å². The summed E-state index contributed by atoms with van der Waals surface area (Å²) in [5, 5.41) is 0. The zero-order valence-corrected chi connectivity index (χ0v) is 20.0. The Balaban J connectivity index is 1.98. The van der Waals surface area contributed by atoms with Crippen molar-refractivity contribution in [3.05, 3.63) is 47.5 Å². The lowest BCUT2D eigenvalue weighted by Crippen LogP contribution is -2.42. The standard InChI is InChI=1S/C24H32N2O4S/c1-16(2)11-12-26-21-14-19(8-10-22(21)30-15-24(5,6)23(26)27)25-31(28,29)20-9-7-17(3)18(4)13-20/h7-10,13-14,16,25H,11-12,15H2,1-6H3. The zero-order valence-electron chi connectivity index (χ0n) is 19.2. The number of hydrogen-bond donors (Lipinski definition) is 1. The average molecular weight is 445 g/mol. The van der Waals surface area contributed by atoms with Gasteiger partial charge in [-0.3, -0.25) is 9.52 Å². The van der Waals surface area contributed by atoms with E-state index in [0.717, 1.165) is 17.5 Å². The molecule has 31 heavy (non-hydrogen) atoms. The van der Waals surface area contributed by atoms with Crippen LogP contribution in [0, 0.1) is 25.2 Å². The van der Waals surface area contributed by atoms with Crippen LogP contribution in [0.3, 0.4) is 0 Å². The van der Waals surface area contributed by atoms with E-state index >= 15 is 0 Å². The Hall–Kier alpha value is -2.54. The van der Waals surface area contributed by atoms with Crippen LogP contribution in [0.25, 0.3) is 0 Å². The summed E-state index contributed by atoms with van der Waals surface area (Å²) in [6.45, 7) is 12.6. The van der Waals surface area contributed by atoms with Crippen molar-refractivity contribution in [2.75, 3.05) is 22.8 Å². The lowest BCUT2D eigenvalue weighted by molar-refractivity contribution is -0.127. The molecule has 1 aliphatic heterocycles. The second kappa shape index (κ2) is 8.54. The second-order valence-corrected chi connectivity index (χ2v) is 11.0. The summed E-state index contributed by atoms with van der Waals surface area (Å²) in [7, 11) is -3.76. The minimum Gasteiger partial charge on any atom is -0.490 e. The highest BCUT2D eigenvalue weighted by molar-refractivity contribution is 7.92. The van der Waals surface area contributed by atoms with Crippen LogP contribution in [-0.2, 0) is 14.8 Å². The summed E-state index contributed by atoms with van der Waals surface area (Å²) in [6.07, 6.45) is 0.833. The average Bonchev–Trinajstić information content (AvgIpc) is 2.77. The first kappa shape index (κ1) is 23.1. The molecule has 0 fully saturated rings. The number of amides is 1. The molecule has 168 valence electrons. The van der Waals surface area contributed by atoms with Gasteiger partial charge in [-0.15, -0.1) is 0 Å². The van der Waals surface area contributed by atoms with Crippen LogP contribution in [-0.4, -0.2) is 27.5 Å². The summed E-state index contributed by atoms with van der Waals surface area (Å²) < 4.78 is 34.5. The maximum Gasteiger partial charge on any atom is 0.261 e. The molecule has 1 heterocycles. The third-order valence-corrected chi connectivity index (χ3v) is 7.01. The van der Waals surface area contributed by atoms with Gasteiger partial charge in [0.25, 0.3) is 10.0 Å². The Bertz CT molecular complexity index is 1090. The lowest BCUT2D eigenvalue weighted by atomic mass is 9.92. The predicted molar refractivity (Wildman–Crippen MR) is 124 cm³/mol. The van der Waals surface area contributed by atoms with Crippen molar-refractivity contribution in [1.82, 2.24) is 0 Å². The van der Waals surface area contributed by atoms with E-state index in [4.69, 9.17) is 4.74 Å². The number of hydrogen-bond acceptors (Lipinski definition) is 4. The molecule has 1 aliphatic rings. The minimum atomic E-state index is -3.76. The molecule has 0 spiro atoms. The second-order valence-electron chi connectivity index (χ2n) is 9.35. The fourth-order valence-corrected chi connectivity index (χ4v) is 4.55. The summed E-state index contributed by atoms with van der Waals surface area (Å²) >= 11 is 0. The van der Waals surface area contributed by atoms with Crippen LogP contribution in [0.15, 0.2) is 41.3 Å². The molecule has 1 amide bonds. The Labute approximate surface area is 185 Å². The number of fused-ring (bicyclic) bond motifs is 1. The highest BCUT2D eigenvalue weighted by Gasteiger charge is 2.37. The topological polar surface area (TPSA) is 75.7 Å². The first-order valence-electron chi connectivity index (χ1n) is 10.6. The van der Waals surface area contributed by atoms with Crippen molar-refractivity contribution in [3.8, 4) is 5.75 Å². The molecular formula is C24H32N2O4S. The number of sulfonamides is 1. The van der Waals surface area contributed by atoms with Crippen LogP contribution in [0.4, 0.5) is 11.4 Å². The van der Waals surface area contributed by atoms with Gasteiger partial charge in [0, 0.05) is 6.54 Å². The molecule has 0 atom stereocenters. The van der Waals surface area contributed by atoms with Crippen LogP contribution < -0.4 is 14.4 Å². The molecule has 0 aromatic heterocycles. The summed E-state index contributed by atoms with van der Waals surface area (Å²) in [5.74, 6) is 0.980. The number of rotatable bonds is 6. The highest BCUT2D eigenvalue weighted by atomic mass is 32.2. The zero-order chi connectivity index (χ0) is 23.0. The fourth-order valence-electron chi connectivity index (χ4n) is 3.41. The first-order chi connectivity index (χ1) is 14.4. The third-order valence-electron chi connectivity index (χ3n) is 5.63. The molecule has 0 saturated carbocycles. The van der Waals surface area contributed by atoms with Gasteiger partial charge in [0.05, 0.1) is 21.7 Å². The molecule has 6 nitrogen and oxygen atoms in total. The molecular weight excluding hydrogens is 412 g/mol. The van der Waals surface area contributed by atoms with E-state index < -0.39 is 15.4 Å². The number of carbonyl (C=O) groups is 1. The van der Waals surface area contributed by atoms with E-state index in [9.17, 15) is 13.2 Å². The van der Waals surface area contributed by atoms with Gasteiger partial charge in [-0.05, 0) is 81.5 Å². The van der Waals surface area contributed by atoms with E-state index in [1.54, 1.807) is 41.3 Å². The van der Waals surface area contributed by atoms with Crippen LogP contribution in [0.2, 0.25) is 0 Å². The van der Waals surface area contributed by atoms with Crippen molar-refractivity contribution >= 4 is 27.3 Å².